The van der Waals surface area contributed by atoms with Crippen molar-refractivity contribution in [2.45, 2.75) is 6.61 Å². The second-order valence-corrected chi connectivity index (χ2v) is 2.52. The molecule has 11 heavy (non-hydrogen) atoms. The summed E-state index contributed by atoms with van der Waals surface area (Å²) in [5.74, 6) is 5.15. The highest BCUT2D eigenvalue weighted by molar-refractivity contribution is 6.31. The predicted molar refractivity (Wildman–Crippen MR) is 45.2 cm³/mol. The summed E-state index contributed by atoms with van der Waals surface area (Å²) in [6, 6.07) is 5.12. The molecule has 1 rings (SSSR count). The van der Waals surface area contributed by atoms with Crippen molar-refractivity contribution >= 4 is 17.3 Å². The number of nitrogen functional groups attached to an aromatic ring is 1. The van der Waals surface area contributed by atoms with Gasteiger partial charge < -0.3 is 10.5 Å². The van der Waals surface area contributed by atoms with Crippen LogP contribution in [-0.4, -0.2) is 5.11 Å². The van der Waals surface area contributed by atoms with E-state index in [0.717, 1.165) is 5.69 Å². The topological polar surface area (TPSA) is 58.3 Å². The van der Waals surface area contributed by atoms with E-state index in [2.05, 4.69) is 5.43 Å². The van der Waals surface area contributed by atoms with Gasteiger partial charge in [0, 0.05) is 10.7 Å². The fraction of sp³-hybridized carbons (Fsp3) is 0.143. The first-order chi connectivity index (χ1) is 5.27. The Morgan fingerprint density at radius 1 is 1.55 bits per heavy atom. The zero-order valence-electron chi connectivity index (χ0n) is 5.84. The minimum Gasteiger partial charge on any atom is -0.392 e. The molecule has 0 atom stereocenters. The molecule has 0 aliphatic rings. The van der Waals surface area contributed by atoms with E-state index in [0.29, 0.717) is 10.6 Å². The third-order valence-electron chi connectivity index (χ3n) is 1.38. The van der Waals surface area contributed by atoms with Gasteiger partial charge in [-0.3, -0.25) is 5.84 Å². The first kappa shape index (κ1) is 8.33. The average molecular weight is 173 g/mol. The monoisotopic (exact) mass is 172 g/mol. The average Bonchev–Trinajstić information content (AvgIpc) is 2.05. The molecule has 0 aromatic heterocycles. The lowest BCUT2D eigenvalue weighted by Crippen LogP contribution is -2.06. The number of hydrazine groups is 1. The standard InChI is InChI=1S/C7H9ClN2O/c8-7-2-1-6(10-9)3-5(7)4-11/h1-3,10-11H,4,9H2. The molecule has 0 radical (unpaired) electrons. The lowest BCUT2D eigenvalue weighted by molar-refractivity contribution is 0.282. The van der Waals surface area contributed by atoms with Crippen molar-refractivity contribution in [2.24, 2.45) is 5.84 Å². The molecule has 0 aliphatic heterocycles. The van der Waals surface area contributed by atoms with Crippen LogP contribution in [0.4, 0.5) is 5.69 Å². The molecular weight excluding hydrogens is 164 g/mol. The number of halogens is 1. The summed E-state index contributed by atoms with van der Waals surface area (Å²) < 4.78 is 0. The van der Waals surface area contributed by atoms with Crippen LogP contribution in [-0.2, 0) is 6.61 Å². The van der Waals surface area contributed by atoms with Crippen molar-refractivity contribution in [1.29, 1.82) is 0 Å². The lowest BCUT2D eigenvalue weighted by atomic mass is 10.2. The predicted octanol–water partition coefficient (Wildman–Crippen LogP) is 1.12. The third kappa shape index (κ3) is 1.83. The highest BCUT2D eigenvalue weighted by atomic mass is 35.5. The zero-order valence-corrected chi connectivity index (χ0v) is 6.60. The van der Waals surface area contributed by atoms with Crippen LogP contribution in [0.2, 0.25) is 5.02 Å². The van der Waals surface area contributed by atoms with Crippen LogP contribution >= 0.6 is 11.6 Å². The van der Waals surface area contributed by atoms with Crippen LogP contribution in [0.3, 0.4) is 0 Å². The molecule has 4 N–H and O–H groups in total. The second kappa shape index (κ2) is 3.57. The van der Waals surface area contributed by atoms with E-state index in [1.807, 2.05) is 0 Å². The Morgan fingerprint density at radius 2 is 2.27 bits per heavy atom. The number of aliphatic hydroxyl groups is 1. The van der Waals surface area contributed by atoms with Crippen molar-refractivity contribution in [3.8, 4) is 0 Å². The molecular formula is C7H9ClN2O. The number of hydrogen-bond acceptors (Lipinski definition) is 3. The highest BCUT2D eigenvalue weighted by Gasteiger charge is 1.98. The molecule has 4 heteroatoms. The van der Waals surface area contributed by atoms with Gasteiger partial charge in [0.05, 0.1) is 6.61 Å². The maximum Gasteiger partial charge on any atom is 0.0697 e. The summed E-state index contributed by atoms with van der Waals surface area (Å²) in [5.41, 5.74) is 3.86. The van der Waals surface area contributed by atoms with E-state index in [1.165, 1.54) is 0 Å². The van der Waals surface area contributed by atoms with Gasteiger partial charge in [-0.05, 0) is 23.8 Å². The molecule has 0 saturated carbocycles. The fourth-order valence-corrected chi connectivity index (χ4v) is 0.963. The largest absolute Gasteiger partial charge is 0.392 e. The Labute approximate surface area is 69.8 Å². The normalized spacial score (nSPS) is 9.73. The van der Waals surface area contributed by atoms with E-state index in [9.17, 15) is 0 Å². The van der Waals surface area contributed by atoms with Gasteiger partial charge in [-0.1, -0.05) is 11.6 Å². The number of anilines is 1. The minimum absolute atomic E-state index is 0.0750. The van der Waals surface area contributed by atoms with Gasteiger partial charge in [-0.2, -0.15) is 0 Å². The number of hydrogen-bond donors (Lipinski definition) is 3. The zero-order chi connectivity index (χ0) is 8.27. The number of benzene rings is 1. The Hall–Kier alpha value is -0.770. The molecule has 0 fully saturated rings. The summed E-state index contributed by atoms with van der Waals surface area (Å²) in [6.07, 6.45) is 0. The summed E-state index contributed by atoms with van der Waals surface area (Å²) in [4.78, 5) is 0. The summed E-state index contributed by atoms with van der Waals surface area (Å²) in [6.45, 7) is -0.0750. The maximum atomic E-state index is 8.79. The Balaban J connectivity index is 3.02. The Bertz CT molecular complexity index is 252. The molecule has 60 valence electrons. The second-order valence-electron chi connectivity index (χ2n) is 2.11. The van der Waals surface area contributed by atoms with Crippen molar-refractivity contribution in [3.05, 3.63) is 28.8 Å². The van der Waals surface area contributed by atoms with Gasteiger partial charge in [0.1, 0.15) is 0 Å². The van der Waals surface area contributed by atoms with Gasteiger partial charge in [0.2, 0.25) is 0 Å². The summed E-state index contributed by atoms with van der Waals surface area (Å²) >= 11 is 5.72. The van der Waals surface area contributed by atoms with E-state index in [1.54, 1.807) is 18.2 Å². The van der Waals surface area contributed by atoms with Gasteiger partial charge in [-0.25, -0.2) is 0 Å². The molecule has 0 bridgehead atoms. The lowest BCUT2D eigenvalue weighted by Gasteiger charge is -2.03. The smallest absolute Gasteiger partial charge is 0.0697 e. The first-order valence-corrected chi connectivity index (χ1v) is 3.51. The van der Waals surface area contributed by atoms with Crippen LogP contribution in [0, 0.1) is 0 Å². The SMILES string of the molecule is NNc1ccc(Cl)c(CO)c1. The van der Waals surface area contributed by atoms with E-state index >= 15 is 0 Å². The number of nitrogens with one attached hydrogen (secondary N) is 1. The fourth-order valence-electron chi connectivity index (χ4n) is 0.786. The highest BCUT2D eigenvalue weighted by Crippen LogP contribution is 2.19. The van der Waals surface area contributed by atoms with Crippen LogP contribution in [0.1, 0.15) is 5.56 Å². The first-order valence-electron chi connectivity index (χ1n) is 3.14. The molecule has 0 saturated heterocycles. The van der Waals surface area contributed by atoms with Gasteiger partial charge >= 0.3 is 0 Å². The Kier molecular flexibility index (Phi) is 2.70. The molecule has 1 aromatic carbocycles. The third-order valence-corrected chi connectivity index (χ3v) is 1.75. The summed E-state index contributed by atoms with van der Waals surface area (Å²) in [5, 5.41) is 9.33. The molecule has 0 heterocycles. The van der Waals surface area contributed by atoms with Gasteiger partial charge in [0.25, 0.3) is 0 Å². The van der Waals surface area contributed by atoms with E-state index in [4.69, 9.17) is 22.6 Å². The quantitative estimate of drug-likeness (QED) is 0.463. The van der Waals surface area contributed by atoms with Crippen LogP contribution in [0.15, 0.2) is 18.2 Å². The van der Waals surface area contributed by atoms with Gasteiger partial charge in [0.15, 0.2) is 0 Å². The molecule has 0 aliphatic carbocycles. The summed E-state index contributed by atoms with van der Waals surface area (Å²) in [7, 11) is 0. The van der Waals surface area contributed by atoms with Crippen LogP contribution in [0.5, 0.6) is 0 Å². The van der Waals surface area contributed by atoms with E-state index in [-0.39, 0.29) is 6.61 Å². The van der Waals surface area contributed by atoms with Crippen molar-refractivity contribution in [3.63, 3.8) is 0 Å². The van der Waals surface area contributed by atoms with Crippen LogP contribution < -0.4 is 11.3 Å². The van der Waals surface area contributed by atoms with Crippen molar-refractivity contribution in [1.82, 2.24) is 0 Å². The Morgan fingerprint density at radius 3 is 2.82 bits per heavy atom. The molecule has 0 unspecified atom stereocenters. The number of aliphatic hydroxyl groups excluding tert-OH is 1. The molecule has 0 amide bonds. The van der Waals surface area contributed by atoms with Gasteiger partial charge in [-0.15, -0.1) is 0 Å². The minimum atomic E-state index is -0.0750. The molecule has 3 nitrogen and oxygen atoms in total. The number of rotatable bonds is 2. The molecule has 1 aromatic rings. The van der Waals surface area contributed by atoms with Crippen LogP contribution in [0.25, 0.3) is 0 Å². The molecule has 0 spiro atoms. The van der Waals surface area contributed by atoms with E-state index < -0.39 is 0 Å². The van der Waals surface area contributed by atoms with Crippen molar-refractivity contribution in [2.75, 3.05) is 5.43 Å². The van der Waals surface area contributed by atoms with Crippen molar-refractivity contribution < 1.29 is 5.11 Å². The number of nitrogens with two attached hydrogens (primary N) is 1. The maximum absolute atomic E-state index is 8.79.